The number of benzene rings is 1. The Labute approximate surface area is 121 Å². The van der Waals surface area contributed by atoms with Crippen molar-refractivity contribution in [3.63, 3.8) is 0 Å². The molecule has 1 rings (SSSR count). The van der Waals surface area contributed by atoms with E-state index in [-0.39, 0.29) is 12.0 Å². The van der Waals surface area contributed by atoms with Crippen LogP contribution in [0, 0.1) is 0 Å². The molecule has 2 N–H and O–H groups in total. The third-order valence-electron chi connectivity index (χ3n) is 2.69. The number of carbonyl (C=O) groups is 4. The molecule has 0 radical (unpaired) electrons. The second-order valence-electron chi connectivity index (χ2n) is 4.21. The number of anilines is 1. The number of ketones is 1. The number of methoxy groups -OCH3 is 1. The average Bonchev–Trinajstić information content (AvgIpc) is 2.46. The first-order valence-electron chi connectivity index (χ1n) is 6.17. The molecule has 0 bridgehead atoms. The first-order valence-corrected chi connectivity index (χ1v) is 6.17. The van der Waals surface area contributed by atoms with E-state index in [1.54, 1.807) is 18.2 Å². The number of amides is 2. The molecule has 0 aliphatic rings. The average molecular weight is 292 g/mol. The highest BCUT2D eigenvalue weighted by Crippen LogP contribution is 2.17. The number of hydrogen-bond acceptors (Lipinski definition) is 5. The van der Waals surface area contributed by atoms with Crippen molar-refractivity contribution in [3.05, 3.63) is 29.8 Å². The van der Waals surface area contributed by atoms with Crippen molar-refractivity contribution in [3.8, 4) is 0 Å². The van der Waals surface area contributed by atoms with Crippen molar-refractivity contribution in [2.45, 2.75) is 19.4 Å². The maximum absolute atomic E-state index is 12.2. The molecule has 1 aromatic rings. The third kappa shape index (κ3) is 4.72. The second kappa shape index (κ2) is 7.78. The minimum absolute atomic E-state index is 0.254. The zero-order valence-corrected chi connectivity index (χ0v) is 11.7. The summed E-state index contributed by atoms with van der Waals surface area (Å²) in [6.45, 7) is 1.24. The lowest BCUT2D eigenvalue weighted by Gasteiger charge is -2.15. The van der Waals surface area contributed by atoms with Gasteiger partial charge in [0.2, 0.25) is 12.3 Å². The molecular formula is C14H16N2O5. The fraction of sp³-hybridized carbons (Fsp3) is 0.286. The molecule has 1 aromatic carbocycles. The largest absolute Gasteiger partial charge is 0.467 e. The number of para-hydroxylation sites is 1. The number of rotatable bonds is 7. The van der Waals surface area contributed by atoms with Crippen molar-refractivity contribution < 1.29 is 23.9 Å². The van der Waals surface area contributed by atoms with E-state index >= 15 is 0 Å². The molecule has 1 unspecified atom stereocenters. The molecule has 7 nitrogen and oxygen atoms in total. The minimum Gasteiger partial charge on any atom is -0.467 e. The highest BCUT2D eigenvalue weighted by molar-refractivity contribution is 6.04. The van der Waals surface area contributed by atoms with Gasteiger partial charge in [-0.3, -0.25) is 14.4 Å². The second-order valence-corrected chi connectivity index (χ2v) is 4.21. The Bertz CT molecular complexity index is 556. The van der Waals surface area contributed by atoms with Crippen LogP contribution < -0.4 is 10.6 Å². The minimum atomic E-state index is -1.07. The maximum Gasteiger partial charge on any atom is 0.328 e. The number of hydrogen-bond donors (Lipinski definition) is 2. The van der Waals surface area contributed by atoms with Gasteiger partial charge >= 0.3 is 5.97 Å². The first kappa shape index (κ1) is 16.4. The van der Waals surface area contributed by atoms with Crippen LogP contribution >= 0.6 is 0 Å². The van der Waals surface area contributed by atoms with E-state index in [0.717, 1.165) is 0 Å². The van der Waals surface area contributed by atoms with E-state index in [2.05, 4.69) is 15.4 Å². The molecule has 21 heavy (non-hydrogen) atoms. The van der Waals surface area contributed by atoms with Crippen molar-refractivity contribution in [1.82, 2.24) is 5.32 Å². The van der Waals surface area contributed by atoms with Crippen LogP contribution in [0.3, 0.4) is 0 Å². The van der Waals surface area contributed by atoms with Crippen molar-refractivity contribution in [1.29, 1.82) is 0 Å². The lowest BCUT2D eigenvalue weighted by atomic mass is 10.0. The van der Waals surface area contributed by atoms with Gasteiger partial charge in [-0.15, -0.1) is 0 Å². The molecule has 1 atom stereocenters. The molecule has 0 saturated heterocycles. The zero-order valence-electron chi connectivity index (χ0n) is 11.7. The Hall–Kier alpha value is -2.70. The summed E-state index contributed by atoms with van der Waals surface area (Å²) in [5.74, 6) is -1.55. The van der Waals surface area contributed by atoms with Gasteiger partial charge in [-0.25, -0.2) is 4.79 Å². The number of nitrogens with one attached hydrogen (secondary N) is 2. The molecule has 0 spiro atoms. The summed E-state index contributed by atoms with van der Waals surface area (Å²) >= 11 is 0. The molecule has 7 heteroatoms. The van der Waals surface area contributed by atoms with Crippen LogP contribution in [0.15, 0.2) is 24.3 Å². The fourth-order valence-electron chi connectivity index (χ4n) is 1.79. The van der Waals surface area contributed by atoms with Gasteiger partial charge in [0.1, 0.15) is 6.04 Å². The predicted octanol–water partition coefficient (Wildman–Crippen LogP) is 0.505. The smallest absolute Gasteiger partial charge is 0.328 e. The first-order chi connectivity index (χ1) is 9.99. The van der Waals surface area contributed by atoms with Crippen LogP contribution in [-0.4, -0.2) is 37.2 Å². The number of esters is 1. The summed E-state index contributed by atoms with van der Waals surface area (Å²) in [6.07, 6.45) is 0.196. The van der Waals surface area contributed by atoms with Crippen LogP contribution in [0.1, 0.15) is 23.7 Å². The molecule has 0 heterocycles. The molecule has 0 aliphatic carbocycles. The van der Waals surface area contributed by atoms with E-state index in [9.17, 15) is 19.2 Å². The fourth-order valence-corrected chi connectivity index (χ4v) is 1.79. The van der Waals surface area contributed by atoms with Crippen LogP contribution in [0.2, 0.25) is 0 Å². The van der Waals surface area contributed by atoms with Gasteiger partial charge in [0.05, 0.1) is 12.8 Å². The summed E-state index contributed by atoms with van der Waals surface area (Å²) < 4.78 is 4.55. The van der Waals surface area contributed by atoms with Crippen LogP contribution in [0.4, 0.5) is 5.69 Å². The van der Waals surface area contributed by atoms with E-state index in [0.29, 0.717) is 12.1 Å². The summed E-state index contributed by atoms with van der Waals surface area (Å²) in [6, 6.07) is 5.32. The van der Waals surface area contributed by atoms with Crippen molar-refractivity contribution in [2.24, 2.45) is 0 Å². The molecule has 0 aliphatic heterocycles. The van der Waals surface area contributed by atoms with Gasteiger partial charge in [-0.1, -0.05) is 12.1 Å². The lowest BCUT2D eigenvalue weighted by Crippen LogP contribution is -2.41. The van der Waals surface area contributed by atoms with Gasteiger partial charge in [0.15, 0.2) is 5.78 Å². The molecule has 2 amide bonds. The number of carbonyl (C=O) groups excluding carboxylic acids is 4. The van der Waals surface area contributed by atoms with Gasteiger partial charge in [0, 0.05) is 18.9 Å². The van der Waals surface area contributed by atoms with E-state index in [4.69, 9.17) is 0 Å². The van der Waals surface area contributed by atoms with Crippen molar-refractivity contribution >= 4 is 29.8 Å². The van der Waals surface area contributed by atoms with Gasteiger partial charge < -0.3 is 15.4 Å². The van der Waals surface area contributed by atoms with E-state index < -0.39 is 23.7 Å². The molecule has 0 saturated carbocycles. The Kier molecular flexibility index (Phi) is 6.06. The SMILES string of the molecule is COC(=O)C(CC(=O)c1ccccc1NC=O)NC(C)=O. The molecule has 0 fully saturated rings. The van der Waals surface area contributed by atoms with Crippen LogP contribution in [-0.2, 0) is 19.1 Å². The van der Waals surface area contributed by atoms with Crippen LogP contribution in [0.5, 0.6) is 0 Å². The summed E-state index contributed by atoms with van der Waals surface area (Å²) in [7, 11) is 1.17. The Morgan fingerprint density at radius 3 is 2.52 bits per heavy atom. The lowest BCUT2D eigenvalue weighted by molar-refractivity contribution is -0.144. The number of Topliss-reactive ketones (excluding diaryl/α,β-unsaturated/α-hetero) is 1. The topological polar surface area (TPSA) is 102 Å². The van der Waals surface area contributed by atoms with Crippen molar-refractivity contribution in [2.75, 3.05) is 12.4 Å². The van der Waals surface area contributed by atoms with Gasteiger partial charge in [-0.05, 0) is 12.1 Å². The third-order valence-corrected chi connectivity index (χ3v) is 2.69. The highest BCUT2D eigenvalue weighted by Gasteiger charge is 2.25. The summed E-state index contributed by atoms with van der Waals surface area (Å²) in [4.78, 5) is 45.4. The number of ether oxygens (including phenoxy) is 1. The summed E-state index contributed by atoms with van der Waals surface area (Å²) in [5, 5.41) is 4.77. The Balaban J connectivity index is 2.93. The zero-order chi connectivity index (χ0) is 15.8. The molecule has 0 aromatic heterocycles. The highest BCUT2D eigenvalue weighted by atomic mass is 16.5. The monoisotopic (exact) mass is 292 g/mol. The quantitative estimate of drug-likeness (QED) is 0.433. The molecule has 112 valence electrons. The normalized spacial score (nSPS) is 11.1. The van der Waals surface area contributed by atoms with E-state index in [1.165, 1.54) is 20.1 Å². The van der Waals surface area contributed by atoms with Gasteiger partial charge in [0.25, 0.3) is 0 Å². The Morgan fingerprint density at radius 1 is 1.29 bits per heavy atom. The van der Waals surface area contributed by atoms with E-state index in [1.807, 2.05) is 0 Å². The molecular weight excluding hydrogens is 276 g/mol. The summed E-state index contributed by atoms with van der Waals surface area (Å²) in [5.41, 5.74) is 0.591. The standard InChI is InChI=1S/C14H16N2O5/c1-9(18)16-12(14(20)21-2)7-13(19)10-5-3-4-6-11(10)15-8-17/h3-6,8,12H,7H2,1-2H3,(H,15,17)(H,16,18). The maximum atomic E-state index is 12.2. The Morgan fingerprint density at radius 2 is 1.95 bits per heavy atom. The van der Waals surface area contributed by atoms with Gasteiger partial charge in [-0.2, -0.15) is 0 Å². The van der Waals surface area contributed by atoms with Crippen LogP contribution in [0.25, 0.3) is 0 Å². The predicted molar refractivity (Wildman–Crippen MR) is 74.7 cm³/mol.